The van der Waals surface area contributed by atoms with Crippen molar-refractivity contribution in [1.29, 1.82) is 0 Å². The molecule has 0 aromatic heterocycles. The van der Waals surface area contributed by atoms with Crippen LogP contribution in [0.2, 0.25) is 0 Å². The highest BCUT2D eigenvalue weighted by atomic mass is 15.3. The highest BCUT2D eigenvalue weighted by Gasteiger charge is 2.48. The Kier molecular flexibility index (Phi) is 4.32. The van der Waals surface area contributed by atoms with Gasteiger partial charge >= 0.3 is 0 Å². The van der Waals surface area contributed by atoms with Crippen LogP contribution < -0.4 is 5.32 Å². The number of hydrogen-bond acceptors (Lipinski definition) is 2. The maximum atomic E-state index is 3.82. The van der Waals surface area contributed by atoms with E-state index in [1.54, 1.807) is 0 Å². The Hall–Kier alpha value is -0.0800. The second-order valence-corrected chi connectivity index (χ2v) is 8.62. The van der Waals surface area contributed by atoms with E-state index in [0.717, 1.165) is 11.8 Å². The molecular weight excluding hydrogens is 232 g/mol. The lowest BCUT2D eigenvalue weighted by Gasteiger charge is -2.50. The van der Waals surface area contributed by atoms with Crippen LogP contribution in [0.3, 0.4) is 0 Å². The van der Waals surface area contributed by atoms with Gasteiger partial charge in [-0.05, 0) is 50.0 Å². The molecule has 0 spiro atoms. The quantitative estimate of drug-likeness (QED) is 0.837. The first kappa shape index (κ1) is 15.3. The predicted molar refractivity (Wildman–Crippen MR) is 83.4 cm³/mol. The van der Waals surface area contributed by atoms with Crippen molar-refractivity contribution in [2.45, 2.75) is 72.4 Å². The van der Waals surface area contributed by atoms with Gasteiger partial charge in [-0.15, -0.1) is 0 Å². The van der Waals surface area contributed by atoms with Crippen LogP contribution in [-0.4, -0.2) is 36.1 Å². The first-order valence-electron chi connectivity index (χ1n) is 8.21. The molecule has 2 unspecified atom stereocenters. The molecule has 1 saturated heterocycles. The van der Waals surface area contributed by atoms with Crippen LogP contribution in [0.5, 0.6) is 0 Å². The number of rotatable bonds is 4. The number of nitrogens with one attached hydrogen (secondary N) is 1. The third-order valence-electron chi connectivity index (χ3n) is 5.25. The molecule has 2 heteroatoms. The maximum Gasteiger partial charge on any atom is 0.0334 e. The molecule has 0 radical (unpaired) electrons. The fourth-order valence-electron chi connectivity index (χ4n) is 3.33. The Morgan fingerprint density at radius 1 is 1.26 bits per heavy atom. The van der Waals surface area contributed by atoms with E-state index >= 15 is 0 Å². The fourth-order valence-corrected chi connectivity index (χ4v) is 3.33. The van der Waals surface area contributed by atoms with E-state index in [9.17, 15) is 0 Å². The van der Waals surface area contributed by atoms with Crippen LogP contribution in [0.25, 0.3) is 0 Å². The van der Waals surface area contributed by atoms with Crippen LogP contribution in [0.4, 0.5) is 0 Å². The Labute approximate surface area is 120 Å². The van der Waals surface area contributed by atoms with Gasteiger partial charge in [0, 0.05) is 24.7 Å². The van der Waals surface area contributed by atoms with Gasteiger partial charge in [0.15, 0.2) is 0 Å². The molecule has 0 amide bonds. The van der Waals surface area contributed by atoms with Crippen molar-refractivity contribution >= 4 is 0 Å². The van der Waals surface area contributed by atoms with Gasteiger partial charge in [-0.2, -0.15) is 0 Å². The summed E-state index contributed by atoms with van der Waals surface area (Å²) in [5, 5.41) is 3.82. The summed E-state index contributed by atoms with van der Waals surface area (Å²) in [6.45, 7) is 18.0. The molecule has 2 atom stereocenters. The molecule has 2 rings (SSSR count). The Morgan fingerprint density at radius 3 is 2.37 bits per heavy atom. The molecule has 0 aromatic carbocycles. The first-order chi connectivity index (χ1) is 8.72. The van der Waals surface area contributed by atoms with Crippen LogP contribution in [0.15, 0.2) is 0 Å². The summed E-state index contributed by atoms with van der Waals surface area (Å²) in [5.41, 5.74) is 0.860. The van der Waals surface area contributed by atoms with Gasteiger partial charge in [-0.3, -0.25) is 4.90 Å². The second kappa shape index (κ2) is 5.37. The van der Waals surface area contributed by atoms with Gasteiger partial charge in [0.1, 0.15) is 0 Å². The second-order valence-electron chi connectivity index (χ2n) is 8.62. The van der Waals surface area contributed by atoms with Crippen LogP contribution in [-0.2, 0) is 0 Å². The van der Waals surface area contributed by atoms with Gasteiger partial charge in [-0.25, -0.2) is 0 Å². The van der Waals surface area contributed by atoms with E-state index in [2.05, 4.69) is 51.8 Å². The third kappa shape index (κ3) is 3.72. The molecule has 1 N–H and O–H groups in total. The normalized spacial score (nSPS) is 33.9. The van der Waals surface area contributed by atoms with E-state index < -0.39 is 0 Å². The molecule has 1 aliphatic heterocycles. The van der Waals surface area contributed by atoms with Crippen molar-refractivity contribution in [3.8, 4) is 0 Å². The summed E-state index contributed by atoms with van der Waals surface area (Å²) in [4.78, 5) is 2.82. The highest BCUT2D eigenvalue weighted by molar-refractivity contribution is 5.05. The van der Waals surface area contributed by atoms with E-state index in [1.165, 1.54) is 38.9 Å². The highest BCUT2D eigenvalue weighted by Crippen LogP contribution is 2.44. The Balaban J connectivity index is 2.03. The monoisotopic (exact) mass is 266 g/mol. The van der Waals surface area contributed by atoms with Gasteiger partial charge in [0.2, 0.25) is 0 Å². The van der Waals surface area contributed by atoms with E-state index in [1.807, 2.05) is 0 Å². The predicted octanol–water partition coefficient (Wildman–Crippen LogP) is 3.52. The van der Waals surface area contributed by atoms with E-state index in [-0.39, 0.29) is 0 Å². The van der Waals surface area contributed by atoms with Gasteiger partial charge in [-0.1, -0.05) is 34.6 Å². The van der Waals surface area contributed by atoms with Gasteiger partial charge < -0.3 is 5.32 Å². The first-order valence-corrected chi connectivity index (χ1v) is 8.21. The van der Waals surface area contributed by atoms with Crippen LogP contribution >= 0.6 is 0 Å². The molecule has 1 aliphatic carbocycles. The minimum Gasteiger partial charge on any atom is -0.311 e. The Bertz CT molecular complexity index is 301. The van der Waals surface area contributed by atoms with Crippen molar-refractivity contribution in [2.75, 3.05) is 19.6 Å². The zero-order valence-electron chi connectivity index (χ0n) is 13.9. The average Bonchev–Trinajstić information content (AvgIpc) is 3.10. The molecular formula is C17H34N2. The summed E-state index contributed by atoms with van der Waals surface area (Å²) < 4.78 is 0. The topological polar surface area (TPSA) is 15.3 Å². The largest absolute Gasteiger partial charge is 0.311 e. The average molecular weight is 266 g/mol. The molecule has 1 heterocycles. The maximum absolute atomic E-state index is 3.82. The molecule has 0 bridgehead atoms. The standard InChI is InChI=1S/C17H34N2/c1-13(2)15-11-19(10-9-16(3,4)5)17(6,12-18-15)14-7-8-14/h13-15,18H,7-12H2,1-6H3. The molecule has 2 aliphatic rings. The minimum absolute atomic E-state index is 0.413. The lowest BCUT2D eigenvalue weighted by Crippen LogP contribution is -2.65. The van der Waals surface area contributed by atoms with Crippen molar-refractivity contribution in [3.05, 3.63) is 0 Å². The van der Waals surface area contributed by atoms with Gasteiger partial charge in [0.05, 0.1) is 0 Å². The van der Waals surface area contributed by atoms with Crippen LogP contribution in [0, 0.1) is 17.3 Å². The zero-order valence-corrected chi connectivity index (χ0v) is 13.9. The van der Waals surface area contributed by atoms with Crippen molar-refractivity contribution < 1.29 is 0 Å². The number of hydrogen-bond donors (Lipinski definition) is 1. The van der Waals surface area contributed by atoms with E-state index in [0.29, 0.717) is 17.0 Å². The molecule has 2 fully saturated rings. The van der Waals surface area contributed by atoms with Crippen molar-refractivity contribution in [3.63, 3.8) is 0 Å². The summed E-state index contributed by atoms with van der Waals surface area (Å²) in [6.07, 6.45) is 4.19. The molecule has 112 valence electrons. The van der Waals surface area contributed by atoms with Crippen molar-refractivity contribution in [1.82, 2.24) is 10.2 Å². The number of nitrogens with zero attached hydrogens (tertiary/aromatic N) is 1. The fraction of sp³-hybridized carbons (Fsp3) is 1.00. The summed E-state index contributed by atoms with van der Waals surface area (Å²) in [7, 11) is 0. The lowest BCUT2D eigenvalue weighted by molar-refractivity contribution is 0.0180. The molecule has 19 heavy (non-hydrogen) atoms. The van der Waals surface area contributed by atoms with Crippen molar-refractivity contribution in [2.24, 2.45) is 17.3 Å². The SMILES string of the molecule is CC(C)C1CN(CCC(C)(C)C)C(C)(C2CC2)CN1. The summed E-state index contributed by atoms with van der Waals surface area (Å²) in [5.74, 6) is 1.67. The van der Waals surface area contributed by atoms with E-state index in [4.69, 9.17) is 0 Å². The minimum atomic E-state index is 0.413. The summed E-state index contributed by atoms with van der Waals surface area (Å²) >= 11 is 0. The zero-order chi connectivity index (χ0) is 14.3. The lowest BCUT2D eigenvalue weighted by atomic mass is 9.85. The molecule has 0 aromatic rings. The Morgan fingerprint density at radius 2 is 1.89 bits per heavy atom. The van der Waals surface area contributed by atoms with Crippen LogP contribution in [0.1, 0.15) is 60.8 Å². The molecule has 1 saturated carbocycles. The number of piperazine rings is 1. The molecule has 2 nitrogen and oxygen atoms in total. The third-order valence-corrected chi connectivity index (χ3v) is 5.25. The smallest absolute Gasteiger partial charge is 0.0334 e. The summed E-state index contributed by atoms with van der Waals surface area (Å²) in [6, 6.07) is 0.673. The van der Waals surface area contributed by atoms with Gasteiger partial charge in [0.25, 0.3) is 0 Å².